The Kier molecular flexibility index (Phi) is 19.6. The molecule has 0 spiro atoms. The number of aromatic amines is 2. The highest BCUT2D eigenvalue weighted by molar-refractivity contribution is 7.98. The fourth-order valence-electron chi connectivity index (χ4n) is 6.68. The van der Waals surface area contributed by atoms with Crippen LogP contribution in [0.5, 0.6) is 0 Å². The lowest BCUT2D eigenvalue weighted by Gasteiger charge is -2.27. The molecule has 0 bridgehead atoms. The van der Waals surface area contributed by atoms with Crippen LogP contribution < -0.4 is 49.5 Å². The van der Waals surface area contributed by atoms with Crippen molar-refractivity contribution in [2.45, 2.75) is 87.6 Å². The highest BCUT2D eigenvalue weighted by Gasteiger charge is 2.33. The van der Waals surface area contributed by atoms with E-state index in [-0.39, 0.29) is 51.0 Å². The van der Waals surface area contributed by atoms with Crippen molar-refractivity contribution in [1.29, 1.82) is 0 Å². The van der Waals surface area contributed by atoms with E-state index < -0.39 is 84.1 Å². The number of aliphatic carboxylic acids is 1. The Balaban J connectivity index is 1.60. The lowest BCUT2D eigenvalue weighted by molar-refractivity contribution is -0.138. The molecular formula is C42H57N13O8S. The number of rotatable bonds is 27. The lowest BCUT2D eigenvalue weighted by atomic mass is 10.0. The number of H-pyrrole nitrogens is 2. The van der Waals surface area contributed by atoms with Gasteiger partial charge in [0, 0.05) is 61.2 Å². The van der Waals surface area contributed by atoms with Gasteiger partial charge in [0.25, 0.3) is 0 Å². The predicted molar refractivity (Wildman–Crippen MR) is 241 cm³/mol. The van der Waals surface area contributed by atoms with Crippen LogP contribution in [-0.4, -0.2) is 122 Å². The van der Waals surface area contributed by atoms with Gasteiger partial charge in [-0.2, -0.15) is 11.8 Å². The number of fused-ring (bicyclic) bond motifs is 1. The number of hydrogen-bond acceptors (Lipinski definition) is 11. The number of nitrogens with two attached hydrogens (primary N) is 4. The molecule has 0 aliphatic rings. The fraction of sp³-hybridized carbons (Fsp3) is 0.405. The first-order chi connectivity index (χ1) is 30.6. The van der Waals surface area contributed by atoms with Gasteiger partial charge in [0.15, 0.2) is 5.96 Å². The van der Waals surface area contributed by atoms with Crippen LogP contribution in [0.15, 0.2) is 78.3 Å². The summed E-state index contributed by atoms with van der Waals surface area (Å²) in [6, 6.07) is 8.57. The number of para-hydroxylation sites is 1. The topological polar surface area (TPSA) is 361 Å². The number of carboxylic acids is 1. The number of amides is 6. The van der Waals surface area contributed by atoms with E-state index in [1.54, 1.807) is 36.5 Å². The Hall–Kier alpha value is -6.94. The Labute approximate surface area is 373 Å². The van der Waals surface area contributed by atoms with E-state index in [0.29, 0.717) is 23.4 Å². The molecule has 6 atom stereocenters. The maximum atomic E-state index is 14.4. The van der Waals surface area contributed by atoms with E-state index in [1.807, 2.05) is 30.5 Å². The standard InChI is InChI=1S/C42H57N13O8S/c1-64-17-15-28(43)37(59)51-31(13-14-35(56)57)39(61)55-34(20-26-22-47-23-50-26)41(63)54-33(18-24-8-3-2-4-9-24)40(62)52-30(12-7-16-48-42(45)46)38(60)53-32(36(44)58)19-25-21-49-29-11-6-5-10-27(25)29/h2-6,8-11,21-23,28,30-34,49H,7,12-20,43H2,1H3,(H2,44,58)(H,47,50)(H,51,59)(H,52,62)(H,53,60)(H,54,63)(H,55,61)(H,56,57)(H4,45,46,48)/t28-,30-,31-,32-,33-,34-/m0/s1. The number of benzene rings is 2. The fourth-order valence-corrected chi connectivity index (χ4v) is 7.17. The van der Waals surface area contributed by atoms with Gasteiger partial charge in [0.2, 0.25) is 35.4 Å². The summed E-state index contributed by atoms with van der Waals surface area (Å²) in [5.41, 5.74) is 25.4. The maximum Gasteiger partial charge on any atom is 0.303 e. The van der Waals surface area contributed by atoms with E-state index in [2.05, 4.69) is 46.5 Å². The second-order valence-electron chi connectivity index (χ2n) is 15.0. The zero-order chi connectivity index (χ0) is 46.6. The van der Waals surface area contributed by atoms with Crippen LogP contribution in [0.1, 0.15) is 48.9 Å². The third-order valence-electron chi connectivity index (χ3n) is 10.1. The second kappa shape index (κ2) is 25.2. The molecule has 0 saturated carbocycles. The largest absolute Gasteiger partial charge is 0.481 e. The molecule has 0 fully saturated rings. The van der Waals surface area contributed by atoms with E-state index >= 15 is 0 Å². The summed E-state index contributed by atoms with van der Waals surface area (Å²) in [6.45, 7) is 0.105. The van der Waals surface area contributed by atoms with Crippen molar-refractivity contribution < 1.29 is 38.7 Å². The number of aromatic nitrogens is 3. The van der Waals surface area contributed by atoms with Crippen molar-refractivity contribution in [2.75, 3.05) is 18.6 Å². The summed E-state index contributed by atoms with van der Waals surface area (Å²) in [6.07, 6.45) is 5.88. The first kappa shape index (κ1) is 49.7. The molecule has 2 aromatic heterocycles. The molecule has 0 radical (unpaired) electrons. The third-order valence-corrected chi connectivity index (χ3v) is 10.8. The first-order valence-corrected chi connectivity index (χ1v) is 21.9. The van der Waals surface area contributed by atoms with E-state index in [4.69, 9.17) is 22.9 Å². The van der Waals surface area contributed by atoms with Crippen molar-refractivity contribution in [3.63, 3.8) is 0 Å². The summed E-state index contributed by atoms with van der Waals surface area (Å²) in [7, 11) is 0. The Morgan fingerprint density at radius 3 is 1.94 bits per heavy atom. The van der Waals surface area contributed by atoms with Gasteiger partial charge in [0.05, 0.1) is 12.4 Å². The van der Waals surface area contributed by atoms with Gasteiger partial charge < -0.3 is 64.6 Å². The van der Waals surface area contributed by atoms with Crippen LogP contribution in [0, 0.1) is 0 Å². The zero-order valence-corrected chi connectivity index (χ0v) is 36.2. The Bertz CT molecular complexity index is 2220. The van der Waals surface area contributed by atoms with Crippen LogP contribution in [0.4, 0.5) is 0 Å². The van der Waals surface area contributed by atoms with Crippen LogP contribution in [0.2, 0.25) is 0 Å². The number of nitrogens with zero attached hydrogens (tertiary/aromatic N) is 2. The monoisotopic (exact) mass is 903 g/mol. The van der Waals surface area contributed by atoms with Gasteiger partial charge in [-0.15, -0.1) is 0 Å². The van der Waals surface area contributed by atoms with Crippen molar-refractivity contribution in [1.82, 2.24) is 41.5 Å². The minimum atomic E-state index is -1.40. The summed E-state index contributed by atoms with van der Waals surface area (Å²) in [5, 5.41) is 23.5. The number of carbonyl (C=O) groups excluding carboxylic acids is 6. The summed E-state index contributed by atoms with van der Waals surface area (Å²) < 4.78 is 0. The van der Waals surface area contributed by atoms with Gasteiger partial charge in [-0.1, -0.05) is 48.5 Å². The number of nitrogens with one attached hydrogen (secondary N) is 7. The number of hydrogen-bond donors (Lipinski definition) is 12. The van der Waals surface area contributed by atoms with Crippen LogP contribution in [-0.2, 0) is 52.8 Å². The highest BCUT2D eigenvalue weighted by Crippen LogP contribution is 2.19. The molecule has 2 heterocycles. The third kappa shape index (κ3) is 16.1. The molecule has 4 rings (SSSR count). The quantitative estimate of drug-likeness (QED) is 0.0191. The van der Waals surface area contributed by atoms with Crippen LogP contribution in [0.3, 0.4) is 0 Å². The van der Waals surface area contributed by atoms with Crippen LogP contribution in [0.25, 0.3) is 10.9 Å². The molecule has 0 aliphatic heterocycles. The summed E-state index contributed by atoms with van der Waals surface area (Å²) >= 11 is 1.47. The number of thioether (sulfide) groups is 1. The number of primary amides is 1. The number of guanidine groups is 1. The van der Waals surface area contributed by atoms with Crippen LogP contribution >= 0.6 is 11.8 Å². The molecular weight excluding hydrogens is 847 g/mol. The van der Waals surface area contributed by atoms with Gasteiger partial charge in [0.1, 0.15) is 30.2 Å². The van der Waals surface area contributed by atoms with E-state index in [1.165, 1.54) is 24.3 Å². The Morgan fingerprint density at radius 1 is 0.719 bits per heavy atom. The number of carbonyl (C=O) groups is 7. The molecule has 64 heavy (non-hydrogen) atoms. The average molecular weight is 904 g/mol. The molecule has 21 nitrogen and oxygen atoms in total. The molecule has 0 saturated heterocycles. The molecule has 22 heteroatoms. The molecule has 344 valence electrons. The zero-order valence-electron chi connectivity index (χ0n) is 35.4. The number of carboxylic acid groups (broad SMARTS) is 1. The van der Waals surface area contributed by atoms with Gasteiger partial charge in [-0.25, -0.2) is 4.98 Å². The van der Waals surface area contributed by atoms with Crippen molar-refractivity contribution in [3.05, 3.63) is 90.1 Å². The highest BCUT2D eigenvalue weighted by atomic mass is 32.2. The van der Waals surface area contributed by atoms with E-state index in [9.17, 15) is 38.7 Å². The van der Waals surface area contributed by atoms with Crippen molar-refractivity contribution in [2.24, 2.45) is 27.9 Å². The minimum absolute atomic E-state index is 0.00181. The maximum absolute atomic E-state index is 14.4. The molecule has 0 aliphatic carbocycles. The normalized spacial score (nSPS) is 13.8. The SMILES string of the molecule is CSCC[C@H](N)C(=O)N[C@@H](CCC(=O)O)C(=O)N[C@@H](Cc1cnc[nH]1)C(=O)N[C@@H](Cc1ccccc1)C(=O)N[C@@H](CCCN=C(N)N)C(=O)N[C@@H](Cc1c[nH]c2ccccc12)C(N)=O. The lowest BCUT2D eigenvalue weighted by Crippen LogP contribution is -2.60. The number of imidazole rings is 1. The Morgan fingerprint density at radius 2 is 1.31 bits per heavy atom. The second-order valence-corrected chi connectivity index (χ2v) is 16.0. The van der Waals surface area contributed by atoms with Gasteiger partial charge in [-0.05, 0) is 54.9 Å². The average Bonchev–Trinajstić information content (AvgIpc) is 3.94. The summed E-state index contributed by atoms with van der Waals surface area (Å²) in [5.74, 6) is -5.55. The molecule has 2 aromatic carbocycles. The molecule has 4 aromatic rings. The minimum Gasteiger partial charge on any atom is -0.481 e. The van der Waals surface area contributed by atoms with Gasteiger partial charge in [-0.3, -0.25) is 38.6 Å². The first-order valence-electron chi connectivity index (χ1n) is 20.5. The summed E-state index contributed by atoms with van der Waals surface area (Å²) in [4.78, 5) is 108. The predicted octanol–water partition coefficient (Wildman–Crippen LogP) is -1.17. The smallest absolute Gasteiger partial charge is 0.303 e. The molecule has 6 amide bonds. The van der Waals surface area contributed by atoms with Crippen molar-refractivity contribution >= 4 is 70.0 Å². The van der Waals surface area contributed by atoms with E-state index in [0.717, 1.165) is 16.5 Å². The van der Waals surface area contributed by atoms with Crippen molar-refractivity contribution in [3.8, 4) is 0 Å². The van der Waals surface area contributed by atoms with Gasteiger partial charge >= 0.3 is 5.97 Å². The number of aliphatic imine (C=N–C) groups is 1. The molecule has 16 N–H and O–H groups in total. The molecule has 0 unspecified atom stereocenters.